The van der Waals surface area contributed by atoms with E-state index >= 15 is 0 Å². The van der Waals surface area contributed by atoms with E-state index in [1.165, 1.54) is 12.1 Å². The van der Waals surface area contributed by atoms with Crippen LogP contribution in [0.2, 0.25) is 0 Å². The summed E-state index contributed by atoms with van der Waals surface area (Å²) in [6, 6.07) is 5.89. The molecule has 4 heteroatoms. The van der Waals surface area contributed by atoms with Crippen LogP contribution in [0.4, 0.5) is 4.39 Å². The van der Waals surface area contributed by atoms with Crippen LogP contribution in [0.15, 0.2) is 24.3 Å². The first-order valence-corrected chi connectivity index (χ1v) is 5.18. The van der Waals surface area contributed by atoms with Gasteiger partial charge in [-0.15, -0.1) is 0 Å². The van der Waals surface area contributed by atoms with Gasteiger partial charge in [-0.3, -0.25) is 4.79 Å². The van der Waals surface area contributed by atoms with E-state index in [2.05, 4.69) is 9.97 Å². The van der Waals surface area contributed by atoms with E-state index in [0.29, 0.717) is 28.3 Å². The number of carbonyl (C=O) groups is 1. The van der Waals surface area contributed by atoms with E-state index in [0.717, 1.165) is 6.29 Å². The summed E-state index contributed by atoms with van der Waals surface area (Å²) in [4.78, 5) is 19.4. The van der Waals surface area contributed by atoms with Crippen LogP contribution in [0.1, 0.15) is 21.9 Å². The number of halogens is 1. The second kappa shape index (κ2) is 4.41. The quantitative estimate of drug-likeness (QED) is 0.745. The Balaban J connectivity index is 2.65. The molecule has 0 spiro atoms. The summed E-state index contributed by atoms with van der Waals surface area (Å²) in [5.74, 6) is 0.274. The number of aromatic nitrogens is 2. The van der Waals surface area contributed by atoms with Crippen LogP contribution in [0.3, 0.4) is 0 Å². The Morgan fingerprint density at radius 2 is 1.76 bits per heavy atom. The first-order valence-electron chi connectivity index (χ1n) is 5.18. The van der Waals surface area contributed by atoms with Gasteiger partial charge >= 0.3 is 0 Å². The molecule has 0 saturated heterocycles. The highest BCUT2D eigenvalue weighted by Gasteiger charge is 2.11. The Kier molecular flexibility index (Phi) is 2.95. The number of nitrogens with zero attached hydrogens (tertiary/aromatic N) is 2. The van der Waals surface area contributed by atoms with Gasteiger partial charge in [0.05, 0.1) is 17.0 Å². The number of benzene rings is 1. The number of hydrogen-bond acceptors (Lipinski definition) is 3. The third-order valence-electron chi connectivity index (χ3n) is 2.48. The van der Waals surface area contributed by atoms with E-state index in [1.807, 2.05) is 0 Å². The maximum atomic E-state index is 12.8. The molecule has 0 amide bonds. The van der Waals surface area contributed by atoms with Gasteiger partial charge in [-0.25, -0.2) is 14.4 Å². The van der Waals surface area contributed by atoms with Crippen LogP contribution >= 0.6 is 0 Å². The third-order valence-corrected chi connectivity index (χ3v) is 2.48. The maximum Gasteiger partial charge on any atom is 0.154 e. The molecule has 0 unspecified atom stereocenters. The number of aryl methyl sites for hydroxylation is 2. The van der Waals surface area contributed by atoms with Crippen LogP contribution in [0.25, 0.3) is 11.3 Å². The van der Waals surface area contributed by atoms with Gasteiger partial charge in [0.1, 0.15) is 11.6 Å². The lowest BCUT2D eigenvalue weighted by molar-refractivity contribution is 0.112. The molecule has 3 nitrogen and oxygen atoms in total. The smallest absolute Gasteiger partial charge is 0.154 e. The summed E-state index contributed by atoms with van der Waals surface area (Å²) >= 11 is 0. The zero-order valence-corrected chi connectivity index (χ0v) is 9.57. The molecule has 17 heavy (non-hydrogen) atoms. The van der Waals surface area contributed by atoms with Crippen LogP contribution in [-0.2, 0) is 0 Å². The van der Waals surface area contributed by atoms with E-state index < -0.39 is 0 Å². The third kappa shape index (κ3) is 2.20. The summed E-state index contributed by atoms with van der Waals surface area (Å²) in [5.41, 5.74) is 2.33. The maximum absolute atomic E-state index is 12.8. The number of rotatable bonds is 2. The second-order valence-electron chi connectivity index (χ2n) is 3.74. The van der Waals surface area contributed by atoms with Crippen molar-refractivity contribution >= 4 is 6.29 Å². The molecule has 0 saturated carbocycles. The van der Waals surface area contributed by atoms with Gasteiger partial charge in [0, 0.05) is 5.56 Å². The monoisotopic (exact) mass is 230 g/mol. The molecule has 0 aliphatic rings. The highest BCUT2D eigenvalue weighted by Crippen LogP contribution is 2.22. The van der Waals surface area contributed by atoms with E-state index in [9.17, 15) is 9.18 Å². The van der Waals surface area contributed by atoms with Crippen molar-refractivity contribution in [1.29, 1.82) is 0 Å². The second-order valence-corrected chi connectivity index (χ2v) is 3.74. The van der Waals surface area contributed by atoms with Crippen LogP contribution < -0.4 is 0 Å². The van der Waals surface area contributed by atoms with Gasteiger partial charge in [-0.2, -0.15) is 0 Å². The fourth-order valence-corrected chi connectivity index (χ4v) is 1.69. The van der Waals surface area contributed by atoms with E-state index in [4.69, 9.17) is 0 Å². The molecular weight excluding hydrogens is 219 g/mol. The number of hydrogen-bond donors (Lipinski definition) is 0. The summed E-state index contributed by atoms with van der Waals surface area (Å²) in [7, 11) is 0. The SMILES string of the molecule is Cc1nc(C)c(C=O)c(-c2ccc(F)cc2)n1. The highest BCUT2D eigenvalue weighted by molar-refractivity contribution is 5.86. The average molecular weight is 230 g/mol. The molecule has 0 atom stereocenters. The van der Waals surface area contributed by atoms with Crippen molar-refractivity contribution in [2.45, 2.75) is 13.8 Å². The molecule has 2 aromatic rings. The molecule has 0 aliphatic carbocycles. The molecule has 0 N–H and O–H groups in total. The fourth-order valence-electron chi connectivity index (χ4n) is 1.69. The summed E-state index contributed by atoms with van der Waals surface area (Å²) in [5, 5.41) is 0. The van der Waals surface area contributed by atoms with Crippen molar-refractivity contribution in [1.82, 2.24) is 9.97 Å². The van der Waals surface area contributed by atoms with Crippen molar-refractivity contribution < 1.29 is 9.18 Å². The molecule has 0 fully saturated rings. The zero-order valence-electron chi connectivity index (χ0n) is 9.57. The van der Waals surface area contributed by atoms with Crippen LogP contribution in [-0.4, -0.2) is 16.3 Å². The first-order chi connectivity index (χ1) is 8.11. The minimum Gasteiger partial charge on any atom is -0.298 e. The van der Waals surface area contributed by atoms with Crippen molar-refractivity contribution in [3.8, 4) is 11.3 Å². The summed E-state index contributed by atoms with van der Waals surface area (Å²) in [6.45, 7) is 3.51. The van der Waals surface area contributed by atoms with Gasteiger partial charge in [0.25, 0.3) is 0 Å². The van der Waals surface area contributed by atoms with E-state index in [1.54, 1.807) is 26.0 Å². The average Bonchev–Trinajstić information content (AvgIpc) is 2.29. The van der Waals surface area contributed by atoms with Crippen LogP contribution in [0, 0.1) is 19.7 Å². The van der Waals surface area contributed by atoms with Gasteiger partial charge in [0.2, 0.25) is 0 Å². The van der Waals surface area contributed by atoms with Gasteiger partial charge < -0.3 is 0 Å². The van der Waals surface area contributed by atoms with Crippen molar-refractivity contribution in [3.05, 3.63) is 47.2 Å². The highest BCUT2D eigenvalue weighted by atomic mass is 19.1. The Morgan fingerprint density at radius 3 is 2.35 bits per heavy atom. The Morgan fingerprint density at radius 1 is 1.12 bits per heavy atom. The van der Waals surface area contributed by atoms with Crippen molar-refractivity contribution in [2.75, 3.05) is 0 Å². The Hall–Kier alpha value is -2.10. The lowest BCUT2D eigenvalue weighted by Gasteiger charge is -2.07. The minimum absolute atomic E-state index is 0.316. The predicted molar refractivity (Wildman–Crippen MR) is 62.3 cm³/mol. The summed E-state index contributed by atoms with van der Waals surface area (Å²) < 4.78 is 12.8. The molecule has 1 heterocycles. The van der Waals surface area contributed by atoms with Gasteiger partial charge in [-0.1, -0.05) is 0 Å². The van der Waals surface area contributed by atoms with E-state index in [-0.39, 0.29) is 5.82 Å². The standard InChI is InChI=1S/C13H11FN2O/c1-8-12(7-17)13(16-9(2)15-8)10-3-5-11(14)6-4-10/h3-7H,1-2H3. The Labute approximate surface area is 98.3 Å². The topological polar surface area (TPSA) is 42.9 Å². The van der Waals surface area contributed by atoms with Gasteiger partial charge in [0.15, 0.2) is 6.29 Å². The molecule has 0 radical (unpaired) electrons. The number of aldehydes is 1. The summed E-state index contributed by atoms with van der Waals surface area (Å²) in [6.07, 6.45) is 0.730. The zero-order chi connectivity index (χ0) is 12.4. The molecule has 86 valence electrons. The Bertz CT molecular complexity index is 564. The lowest BCUT2D eigenvalue weighted by Crippen LogP contribution is -2.01. The molecule has 0 bridgehead atoms. The molecule has 2 rings (SSSR count). The first kappa shape index (κ1) is 11.4. The molecular formula is C13H11FN2O. The molecule has 1 aromatic heterocycles. The van der Waals surface area contributed by atoms with Gasteiger partial charge in [-0.05, 0) is 38.1 Å². The minimum atomic E-state index is -0.316. The van der Waals surface area contributed by atoms with Crippen molar-refractivity contribution in [3.63, 3.8) is 0 Å². The number of carbonyl (C=O) groups excluding carboxylic acids is 1. The largest absolute Gasteiger partial charge is 0.298 e. The predicted octanol–water partition coefficient (Wildman–Crippen LogP) is 2.71. The van der Waals surface area contributed by atoms with Crippen LogP contribution in [0.5, 0.6) is 0 Å². The van der Waals surface area contributed by atoms with Crippen molar-refractivity contribution in [2.24, 2.45) is 0 Å². The molecule has 0 aliphatic heterocycles. The normalized spacial score (nSPS) is 10.3. The fraction of sp³-hybridized carbons (Fsp3) is 0.154. The molecule has 1 aromatic carbocycles. The lowest BCUT2D eigenvalue weighted by atomic mass is 10.1.